The van der Waals surface area contributed by atoms with Crippen LogP contribution in [-0.4, -0.2) is 30.8 Å². The van der Waals surface area contributed by atoms with Crippen LogP contribution in [0.5, 0.6) is 0 Å². The molecule has 0 spiro atoms. The maximum absolute atomic E-state index is 13.8. The molecule has 0 saturated carbocycles. The van der Waals surface area contributed by atoms with Gasteiger partial charge in [-0.15, -0.1) is 0 Å². The maximum Gasteiger partial charge on any atom is 0.332 e. The Bertz CT molecular complexity index is 1270. The number of hydrogen-bond acceptors (Lipinski definition) is 6. The van der Waals surface area contributed by atoms with Gasteiger partial charge in [-0.25, -0.2) is 19.2 Å². The predicted molar refractivity (Wildman–Crippen MR) is 122 cm³/mol. The molecule has 2 heterocycles. The van der Waals surface area contributed by atoms with Crippen LogP contribution < -0.4 is 16.6 Å². The van der Waals surface area contributed by atoms with Gasteiger partial charge in [-0.3, -0.25) is 18.7 Å². The highest BCUT2D eigenvalue weighted by Crippen LogP contribution is 2.24. The summed E-state index contributed by atoms with van der Waals surface area (Å²) in [5.74, 6) is -0.281. The number of halogens is 1. The molecule has 170 valence electrons. The topological polar surface area (TPSA) is 98.9 Å². The Morgan fingerprint density at radius 2 is 1.94 bits per heavy atom. The molecule has 0 saturated heterocycles. The van der Waals surface area contributed by atoms with Crippen LogP contribution in [-0.2, 0) is 24.9 Å². The van der Waals surface area contributed by atoms with Crippen molar-refractivity contribution in [2.45, 2.75) is 51.2 Å². The fourth-order valence-corrected chi connectivity index (χ4v) is 4.01. The van der Waals surface area contributed by atoms with E-state index in [2.05, 4.69) is 15.3 Å². The number of fused-ring (bicyclic) bond motifs is 1. The summed E-state index contributed by atoms with van der Waals surface area (Å²) < 4.78 is 16.3. The summed E-state index contributed by atoms with van der Waals surface area (Å²) in [6, 6.07) is 6.22. The number of amides is 1. The second-order valence-electron chi connectivity index (χ2n) is 7.70. The quantitative estimate of drug-likeness (QED) is 0.411. The van der Waals surface area contributed by atoms with E-state index >= 15 is 0 Å². The first kappa shape index (κ1) is 23.6. The zero-order valence-electron chi connectivity index (χ0n) is 18.5. The van der Waals surface area contributed by atoms with Gasteiger partial charge < -0.3 is 5.32 Å². The summed E-state index contributed by atoms with van der Waals surface area (Å²) in [5.41, 5.74) is -0.260. The molecule has 32 heavy (non-hydrogen) atoms. The van der Waals surface area contributed by atoms with Crippen molar-refractivity contribution in [3.63, 3.8) is 0 Å². The Labute approximate surface area is 188 Å². The number of nitrogens with zero attached hydrogens (tertiary/aromatic N) is 4. The molecule has 1 amide bonds. The van der Waals surface area contributed by atoms with Crippen LogP contribution in [0.2, 0.25) is 0 Å². The Morgan fingerprint density at radius 1 is 1.22 bits per heavy atom. The molecule has 2 aromatic heterocycles. The molecule has 0 bridgehead atoms. The van der Waals surface area contributed by atoms with Crippen LogP contribution in [0.25, 0.3) is 11.0 Å². The van der Waals surface area contributed by atoms with Crippen LogP contribution in [0.4, 0.5) is 4.39 Å². The lowest BCUT2D eigenvalue weighted by molar-refractivity contribution is -0.118. The van der Waals surface area contributed by atoms with Gasteiger partial charge in [-0.05, 0) is 12.5 Å². The third kappa shape index (κ3) is 4.90. The van der Waals surface area contributed by atoms with Crippen LogP contribution >= 0.6 is 11.8 Å². The molecule has 3 rings (SSSR count). The van der Waals surface area contributed by atoms with Gasteiger partial charge in [0.05, 0.1) is 5.75 Å². The predicted octanol–water partition coefficient (Wildman–Crippen LogP) is 2.57. The Hall–Kier alpha value is -3.01. The first-order valence-corrected chi connectivity index (χ1v) is 11.4. The highest BCUT2D eigenvalue weighted by molar-refractivity contribution is 8.00. The zero-order valence-corrected chi connectivity index (χ0v) is 19.3. The lowest BCUT2D eigenvalue weighted by Gasteiger charge is -2.15. The number of aryl methyl sites for hydroxylation is 1. The van der Waals surface area contributed by atoms with Gasteiger partial charge in [0.1, 0.15) is 22.1 Å². The third-order valence-electron chi connectivity index (χ3n) is 4.90. The van der Waals surface area contributed by atoms with Gasteiger partial charge >= 0.3 is 5.69 Å². The van der Waals surface area contributed by atoms with Crippen molar-refractivity contribution < 1.29 is 9.18 Å². The van der Waals surface area contributed by atoms with Crippen molar-refractivity contribution >= 4 is 28.7 Å². The monoisotopic (exact) mass is 459 g/mol. The number of hydrogen-bond donors (Lipinski definition) is 1. The van der Waals surface area contributed by atoms with E-state index in [1.54, 1.807) is 18.2 Å². The van der Waals surface area contributed by atoms with Crippen LogP contribution in [0.1, 0.15) is 44.5 Å². The molecule has 0 aliphatic rings. The summed E-state index contributed by atoms with van der Waals surface area (Å²) in [5, 5.41) is 3.25. The minimum Gasteiger partial charge on any atom is -0.351 e. The van der Waals surface area contributed by atoms with Crippen molar-refractivity contribution in [2.75, 3.05) is 5.75 Å². The molecule has 0 radical (unpaired) electrons. The second-order valence-corrected chi connectivity index (χ2v) is 8.66. The number of carbonyl (C=O) groups excluding carboxylic acids is 1. The lowest BCUT2D eigenvalue weighted by atomic mass is 10.2. The lowest BCUT2D eigenvalue weighted by Crippen LogP contribution is -2.39. The molecule has 3 aromatic rings. The van der Waals surface area contributed by atoms with Crippen LogP contribution in [0, 0.1) is 5.82 Å². The van der Waals surface area contributed by atoms with E-state index in [9.17, 15) is 18.8 Å². The Morgan fingerprint density at radius 3 is 2.59 bits per heavy atom. The van der Waals surface area contributed by atoms with E-state index < -0.39 is 11.2 Å². The van der Waals surface area contributed by atoms with E-state index in [-0.39, 0.29) is 41.0 Å². The fraction of sp³-hybridized carbons (Fsp3) is 0.409. The standard InChI is InChI=1S/C22H26FN5O3S/c1-5-10-28-19-17(21(30)27(4)22(28)31)20(26-18(25-19)13(2)3)32-12-16(29)24-11-14-8-6-7-9-15(14)23/h6-9,13H,5,10-12H2,1-4H3,(H,24,29). The minimum absolute atomic E-state index is 0.0197. The van der Waals surface area contributed by atoms with Crippen molar-refractivity contribution in [1.82, 2.24) is 24.4 Å². The molecule has 0 unspecified atom stereocenters. The molecule has 0 atom stereocenters. The number of thioether (sulfide) groups is 1. The number of rotatable bonds is 8. The second kappa shape index (κ2) is 10.1. The average Bonchev–Trinajstić information content (AvgIpc) is 2.77. The molecule has 1 N–H and O–H groups in total. The normalized spacial score (nSPS) is 11.3. The highest BCUT2D eigenvalue weighted by atomic mass is 32.2. The summed E-state index contributed by atoms with van der Waals surface area (Å²) in [6.45, 7) is 6.24. The smallest absolute Gasteiger partial charge is 0.332 e. The van der Waals surface area contributed by atoms with Crippen molar-refractivity contribution in [3.05, 3.63) is 62.3 Å². The van der Waals surface area contributed by atoms with Crippen molar-refractivity contribution in [2.24, 2.45) is 7.05 Å². The van der Waals surface area contributed by atoms with Gasteiger partial charge in [-0.2, -0.15) is 0 Å². The molecule has 0 aliphatic carbocycles. The van der Waals surface area contributed by atoms with Crippen molar-refractivity contribution in [1.29, 1.82) is 0 Å². The average molecular weight is 460 g/mol. The first-order valence-electron chi connectivity index (χ1n) is 10.4. The number of carbonyl (C=O) groups is 1. The van der Waals surface area contributed by atoms with E-state index in [1.165, 1.54) is 17.7 Å². The van der Waals surface area contributed by atoms with Gasteiger partial charge in [0.2, 0.25) is 5.91 Å². The van der Waals surface area contributed by atoms with Crippen LogP contribution in [0.3, 0.4) is 0 Å². The summed E-state index contributed by atoms with van der Waals surface area (Å²) in [7, 11) is 1.42. The minimum atomic E-state index is -0.498. The number of benzene rings is 1. The number of aromatic nitrogens is 4. The van der Waals surface area contributed by atoms with E-state index in [4.69, 9.17) is 0 Å². The molecule has 0 fully saturated rings. The summed E-state index contributed by atoms with van der Waals surface area (Å²) in [6.07, 6.45) is 0.690. The third-order valence-corrected chi connectivity index (χ3v) is 5.88. The fourth-order valence-electron chi connectivity index (χ4n) is 3.16. The van der Waals surface area contributed by atoms with E-state index in [0.717, 1.165) is 16.3 Å². The van der Waals surface area contributed by atoms with Gasteiger partial charge in [0.15, 0.2) is 5.65 Å². The van der Waals surface area contributed by atoms with Gasteiger partial charge in [-0.1, -0.05) is 50.7 Å². The van der Waals surface area contributed by atoms with E-state index in [1.807, 2.05) is 20.8 Å². The van der Waals surface area contributed by atoms with Gasteiger partial charge in [0, 0.05) is 31.6 Å². The maximum atomic E-state index is 13.8. The molecule has 8 nitrogen and oxygen atoms in total. The summed E-state index contributed by atoms with van der Waals surface area (Å²) in [4.78, 5) is 47.0. The largest absolute Gasteiger partial charge is 0.351 e. The van der Waals surface area contributed by atoms with Gasteiger partial charge in [0.25, 0.3) is 5.56 Å². The zero-order chi connectivity index (χ0) is 23.4. The molecule has 1 aromatic carbocycles. The van der Waals surface area contributed by atoms with Crippen molar-refractivity contribution in [3.8, 4) is 0 Å². The molecule has 10 heteroatoms. The summed E-state index contributed by atoms with van der Waals surface area (Å²) >= 11 is 1.10. The Kier molecular flexibility index (Phi) is 7.44. The number of nitrogens with one attached hydrogen (secondary N) is 1. The Balaban J connectivity index is 1.94. The van der Waals surface area contributed by atoms with E-state index in [0.29, 0.717) is 29.4 Å². The molecule has 0 aliphatic heterocycles. The molecular formula is C22H26FN5O3S. The highest BCUT2D eigenvalue weighted by Gasteiger charge is 2.20. The van der Waals surface area contributed by atoms with Crippen LogP contribution in [0.15, 0.2) is 38.9 Å². The first-order chi connectivity index (χ1) is 15.2. The SMILES string of the molecule is CCCn1c(=O)n(C)c(=O)c2c(SCC(=O)NCc3ccccc3F)nc(C(C)C)nc21. The molecular weight excluding hydrogens is 433 g/mol.